The second-order valence-corrected chi connectivity index (χ2v) is 19.4. The van der Waals surface area contributed by atoms with E-state index in [4.69, 9.17) is 9.47 Å². The molecule has 8 rings (SSSR count). The summed E-state index contributed by atoms with van der Waals surface area (Å²) in [5.41, 5.74) is 5.18. The number of amides is 3. The minimum atomic E-state index is -4.62. The van der Waals surface area contributed by atoms with E-state index >= 15 is 0 Å². The molecule has 5 atom stereocenters. The highest BCUT2D eigenvalue weighted by Crippen LogP contribution is 2.34. The lowest BCUT2D eigenvalue weighted by Crippen LogP contribution is -2.58. The van der Waals surface area contributed by atoms with Crippen LogP contribution in [-0.2, 0) is 38.3 Å². The number of carbonyl (C=O) groups is 3. The van der Waals surface area contributed by atoms with Crippen LogP contribution < -0.4 is 15.4 Å². The summed E-state index contributed by atoms with van der Waals surface area (Å²) >= 11 is 1.57. The molecule has 6 heterocycles. The Hall–Kier alpha value is -5.40. The zero-order chi connectivity index (χ0) is 46.0. The van der Waals surface area contributed by atoms with Crippen LogP contribution in [0.15, 0.2) is 59.1 Å². The number of hydrogen-bond donors (Lipinski definition) is 3. The standard InChI is InChI=1S/C46H56F3N9O6S/c1-27-40(65-26-51-27)31-7-5-28(6-8-31)23-50-42(61)36-21-32(59)24-57(36)43(62)41(45(2,3)4)52-39(60)22-34-13-14-35(64-34)25-63-33-11-9-29(10-12-33)30-17-19-56(20-18-30)38-16-15-37-53-54-44(46(47,48)49)58(37)55-38/h5-12,26,30,32,34-36,41,59H,13-25H2,1-4H3,(H,50,61)(H,52,60). The first kappa shape index (κ1) is 46.1. The van der Waals surface area contributed by atoms with E-state index in [9.17, 15) is 32.7 Å². The van der Waals surface area contributed by atoms with E-state index in [0.29, 0.717) is 62.9 Å². The number of aliphatic hydroxyl groups is 1. The lowest BCUT2D eigenvalue weighted by atomic mass is 9.85. The van der Waals surface area contributed by atoms with Crippen LogP contribution in [0.25, 0.3) is 10.4 Å². The highest BCUT2D eigenvalue weighted by atomic mass is 32.1. The summed E-state index contributed by atoms with van der Waals surface area (Å²) in [5, 5.41) is 27.8. The van der Waals surface area contributed by atoms with Crippen molar-refractivity contribution in [3.63, 3.8) is 0 Å². The molecule has 65 heavy (non-hydrogen) atoms. The maximum Gasteiger partial charge on any atom is 0.453 e. The normalized spacial score (nSPS) is 22.1. The zero-order valence-electron chi connectivity index (χ0n) is 37.0. The number of hydrogen-bond acceptors (Lipinski definition) is 12. The molecule has 4 aromatic rings. The fraction of sp³-hybridized carbons (Fsp3) is 0.543. The number of alkyl halides is 3. The summed E-state index contributed by atoms with van der Waals surface area (Å²) in [6, 6.07) is 14.0. The van der Waals surface area contributed by atoms with Crippen molar-refractivity contribution in [3.8, 4) is 16.2 Å². The van der Waals surface area contributed by atoms with Crippen LogP contribution >= 0.6 is 11.3 Å². The van der Waals surface area contributed by atoms with Crippen molar-refractivity contribution in [2.75, 3.05) is 26.2 Å². The third-order valence-electron chi connectivity index (χ3n) is 12.7. The van der Waals surface area contributed by atoms with Crippen LogP contribution in [0.2, 0.25) is 0 Å². The molecule has 3 N–H and O–H groups in total. The summed E-state index contributed by atoms with van der Waals surface area (Å²) in [7, 11) is 0. The van der Waals surface area contributed by atoms with Gasteiger partial charge in [-0.05, 0) is 72.8 Å². The van der Waals surface area contributed by atoms with Gasteiger partial charge in [0.05, 0.1) is 40.8 Å². The van der Waals surface area contributed by atoms with Crippen LogP contribution in [0, 0.1) is 12.3 Å². The average Bonchev–Trinajstić information content (AvgIpc) is 4.10. The highest BCUT2D eigenvalue weighted by Gasteiger charge is 2.45. The lowest BCUT2D eigenvalue weighted by molar-refractivity contribution is -0.147. The maximum atomic E-state index is 14.1. The monoisotopic (exact) mass is 919 g/mol. The third kappa shape index (κ3) is 10.8. The minimum Gasteiger partial charge on any atom is -0.491 e. The zero-order valence-corrected chi connectivity index (χ0v) is 37.8. The molecule has 348 valence electrons. The smallest absolute Gasteiger partial charge is 0.453 e. The van der Waals surface area contributed by atoms with Crippen molar-refractivity contribution in [1.29, 1.82) is 0 Å². The Bertz CT molecular complexity index is 2360. The van der Waals surface area contributed by atoms with E-state index in [2.05, 4.69) is 35.8 Å². The molecule has 0 saturated carbocycles. The van der Waals surface area contributed by atoms with Crippen molar-refractivity contribution in [1.82, 2.24) is 40.3 Å². The Balaban J connectivity index is 0.776. The third-order valence-corrected chi connectivity index (χ3v) is 13.7. The van der Waals surface area contributed by atoms with Crippen molar-refractivity contribution < 1.29 is 42.1 Å². The summed E-state index contributed by atoms with van der Waals surface area (Å²) in [6.45, 7) is 9.44. The van der Waals surface area contributed by atoms with Crippen LogP contribution in [-0.4, -0.2) is 115 Å². The predicted octanol–water partition coefficient (Wildman–Crippen LogP) is 5.84. The number of ether oxygens (including phenoxy) is 2. The van der Waals surface area contributed by atoms with E-state index in [-0.39, 0.29) is 55.8 Å². The molecule has 3 amide bonds. The Labute approximate surface area is 379 Å². The summed E-state index contributed by atoms with van der Waals surface area (Å²) < 4.78 is 53.3. The molecule has 0 spiro atoms. The lowest BCUT2D eigenvalue weighted by Gasteiger charge is -2.35. The predicted molar refractivity (Wildman–Crippen MR) is 236 cm³/mol. The van der Waals surface area contributed by atoms with Crippen LogP contribution in [0.4, 0.5) is 13.2 Å². The van der Waals surface area contributed by atoms with Gasteiger partial charge >= 0.3 is 6.18 Å². The Morgan fingerprint density at radius 3 is 2.37 bits per heavy atom. The van der Waals surface area contributed by atoms with E-state index < -0.39 is 41.5 Å². The molecular weight excluding hydrogens is 864 g/mol. The number of nitrogens with one attached hydrogen (secondary N) is 2. The molecule has 0 bridgehead atoms. The number of amidine groups is 1. The molecule has 19 heteroatoms. The summed E-state index contributed by atoms with van der Waals surface area (Å²) in [4.78, 5) is 50.0. The number of piperidine rings is 1. The fourth-order valence-electron chi connectivity index (χ4n) is 9.12. The van der Waals surface area contributed by atoms with Crippen LogP contribution in [0.3, 0.4) is 0 Å². The first-order chi connectivity index (χ1) is 31.0. The number of carbonyl (C=O) groups excluding carboxylic acids is 3. The topological polar surface area (TPSA) is 176 Å². The van der Waals surface area contributed by atoms with Crippen molar-refractivity contribution >= 4 is 34.9 Å². The van der Waals surface area contributed by atoms with Gasteiger partial charge in [-0.15, -0.1) is 21.5 Å². The van der Waals surface area contributed by atoms with Crippen molar-refractivity contribution in [2.24, 2.45) is 10.5 Å². The molecule has 3 saturated heterocycles. The number of fused-ring (bicyclic) bond motifs is 1. The number of rotatable bonds is 12. The Morgan fingerprint density at radius 2 is 1.69 bits per heavy atom. The van der Waals surface area contributed by atoms with Gasteiger partial charge in [-0.2, -0.15) is 22.9 Å². The summed E-state index contributed by atoms with van der Waals surface area (Å²) in [6.07, 6.45) is -2.02. The molecule has 2 aromatic carbocycles. The number of benzene rings is 2. The highest BCUT2D eigenvalue weighted by molar-refractivity contribution is 7.13. The Kier molecular flexibility index (Phi) is 13.6. The first-order valence-corrected chi connectivity index (χ1v) is 23.2. The Morgan fingerprint density at radius 1 is 0.969 bits per heavy atom. The van der Waals surface area contributed by atoms with Gasteiger partial charge in [0.25, 0.3) is 5.82 Å². The number of aliphatic hydroxyl groups excluding tert-OH is 1. The molecule has 4 aliphatic rings. The van der Waals surface area contributed by atoms with Gasteiger partial charge in [0.1, 0.15) is 30.3 Å². The van der Waals surface area contributed by atoms with E-state index in [1.165, 1.54) is 10.5 Å². The number of likely N-dealkylation sites (tertiary alicyclic amines) is 2. The van der Waals surface area contributed by atoms with E-state index in [1.54, 1.807) is 11.3 Å². The van der Waals surface area contributed by atoms with Crippen LogP contribution in [0.1, 0.15) is 100 Å². The van der Waals surface area contributed by atoms with Gasteiger partial charge in [-0.25, -0.2) is 4.98 Å². The number of β-amino-alcohol motifs (C(OH)–C–C–N with tert-alkyl or cyclic N) is 1. The number of thiazole rings is 1. The molecule has 2 aromatic heterocycles. The van der Waals surface area contributed by atoms with Crippen molar-refractivity contribution in [2.45, 2.75) is 128 Å². The van der Waals surface area contributed by atoms with Gasteiger partial charge in [0, 0.05) is 45.4 Å². The number of halogens is 3. The molecule has 5 unspecified atom stereocenters. The number of nitrogens with zero attached hydrogens (tertiary/aromatic N) is 7. The summed E-state index contributed by atoms with van der Waals surface area (Å²) in [5.74, 6) is -0.392. The quantitative estimate of drug-likeness (QED) is 0.157. The van der Waals surface area contributed by atoms with Gasteiger partial charge in [0.15, 0.2) is 5.82 Å². The molecule has 4 aliphatic heterocycles. The number of aryl methyl sites for hydroxylation is 2. The van der Waals surface area contributed by atoms with Gasteiger partial charge in [-0.3, -0.25) is 14.4 Å². The minimum absolute atomic E-state index is 0.0127. The second kappa shape index (κ2) is 19.2. The second-order valence-electron chi connectivity index (χ2n) is 18.5. The first-order valence-electron chi connectivity index (χ1n) is 22.3. The fourth-order valence-corrected chi connectivity index (χ4v) is 9.93. The van der Waals surface area contributed by atoms with Gasteiger partial charge in [-0.1, -0.05) is 57.2 Å². The number of aromatic nitrogens is 4. The van der Waals surface area contributed by atoms with Crippen LogP contribution in [0.5, 0.6) is 5.75 Å². The van der Waals surface area contributed by atoms with Gasteiger partial charge < -0.3 is 35.0 Å². The largest absolute Gasteiger partial charge is 0.491 e. The molecule has 0 radical (unpaired) electrons. The van der Waals surface area contributed by atoms with E-state index in [0.717, 1.165) is 39.2 Å². The van der Waals surface area contributed by atoms with E-state index in [1.807, 2.05) is 81.7 Å². The van der Waals surface area contributed by atoms with Gasteiger partial charge in [0.2, 0.25) is 17.7 Å². The average molecular weight is 920 g/mol. The molecule has 15 nitrogen and oxygen atoms in total. The maximum absolute atomic E-state index is 14.1. The SMILES string of the molecule is Cc1ncsc1-c1ccc(CNC(=O)C2CC(O)CN2C(=O)C(NC(=O)CC2CCC(COc3ccc(C4CCN(C5=Nn6c(nnc6C(F)(F)F)CC5)CC4)cc3)O2)C(C)(C)C)cc1. The molecular formula is C46H56F3N9O6S. The molecule has 3 fully saturated rings. The van der Waals surface area contributed by atoms with Crippen molar-refractivity contribution in [3.05, 3.63) is 82.5 Å². The molecule has 0 aliphatic carbocycles.